The monoisotopic (exact) mass is 386 g/mol. The van der Waals surface area contributed by atoms with Crippen LogP contribution in [0.15, 0.2) is 24.7 Å². The molecule has 1 unspecified atom stereocenters. The van der Waals surface area contributed by atoms with Crippen LogP contribution in [0.25, 0.3) is 5.69 Å². The van der Waals surface area contributed by atoms with Crippen LogP contribution in [0.5, 0.6) is 0 Å². The fourth-order valence-electron chi connectivity index (χ4n) is 2.85. The van der Waals surface area contributed by atoms with Gasteiger partial charge in [0.2, 0.25) is 5.95 Å². The maximum Gasteiger partial charge on any atom is 0.229 e. The van der Waals surface area contributed by atoms with Gasteiger partial charge in [-0.3, -0.25) is 0 Å². The summed E-state index contributed by atoms with van der Waals surface area (Å²) in [5.74, 6) is -0.542. The van der Waals surface area contributed by atoms with Crippen molar-refractivity contribution in [3.8, 4) is 5.69 Å². The van der Waals surface area contributed by atoms with Crippen LogP contribution in [-0.4, -0.2) is 36.2 Å². The first kappa shape index (κ1) is 18.2. The van der Waals surface area contributed by atoms with Crippen LogP contribution in [0, 0.1) is 11.6 Å². The van der Waals surface area contributed by atoms with Gasteiger partial charge in [-0.05, 0) is 60.2 Å². The van der Waals surface area contributed by atoms with Crippen LogP contribution in [0.3, 0.4) is 0 Å². The van der Waals surface area contributed by atoms with Gasteiger partial charge in [0.25, 0.3) is 0 Å². The summed E-state index contributed by atoms with van der Waals surface area (Å²) in [5.41, 5.74) is 1.71. The van der Waals surface area contributed by atoms with Crippen LogP contribution in [-0.2, 0) is 0 Å². The SMILES string of the molecule is CCC(C)Nc1nc(Nc2cc(-n3cnnn3)c(C3CC3)cc2F)ncc1F. The van der Waals surface area contributed by atoms with Gasteiger partial charge in [-0.1, -0.05) is 6.92 Å². The molecule has 2 aromatic heterocycles. The minimum absolute atomic E-state index is 0.0400. The normalized spacial score (nSPS) is 14.7. The molecule has 0 saturated heterocycles. The van der Waals surface area contributed by atoms with E-state index in [0.29, 0.717) is 11.6 Å². The average Bonchev–Trinajstić information content (AvgIpc) is 3.39. The number of benzene rings is 1. The molecule has 0 radical (unpaired) electrons. The number of hydrogen-bond acceptors (Lipinski definition) is 7. The molecule has 1 saturated carbocycles. The number of rotatable bonds is 7. The molecule has 2 N–H and O–H groups in total. The molecule has 1 fully saturated rings. The quantitative estimate of drug-likeness (QED) is 0.641. The maximum atomic E-state index is 14.7. The van der Waals surface area contributed by atoms with Crippen molar-refractivity contribution in [2.24, 2.45) is 0 Å². The lowest BCUT2D eigenvalue weighted by Crippen LogP contribution is -2.16. The Morgan fingerprint density at radius 2 is 2.07 bits per heavy atom. The molecule has 4 rings (SSSR count). The Hall–Kier alpha value is -3.17. The molecular weight excluding hydrogens is 366 g/mol. The molecule has 0 bridgehead atoms. The number of nitrogens with zero attached hydrogens (tertiary/aromatic N) is 6. The molecule has 1 aliphatic carbocycles. The fourth-order valence-corrected chi connectivity index (χ4v) is 2.85. The first-order chi connectivity index (χ1) is 13.5. The van der Waals surface area contributed by atoms with E-state index in [1.165, 1.54) is 17.1 Å². The van der Waals surface area contributed by atoms with Gasteiger partial charge in [0.15, 0.2) is 11.6 Å². The summed E-state index contributed by atoms with van der Waals surface area (Å²) < 4.78 is 30.2. The summed E-state index contributed by atoms with van der Waals surface area (Å²) in [4.78, 5) is 8.06. The number of nitrogens with one attached hydrogen (secondary N) is 2. The molecule has 3 aromatic rings. The second-order valence-electron chi connectivity index (χ2n) is 6.89. The minimum Gasteiger partial charge on any atom is -0.365 e. The van der Waals surface area contributed by atoms with Gasteiger partial charge in [0, 0.05) is 6.04 Å². The van der Waals surface area contributed by atoms with Crippen molar-refractivity contribution >= 4 is 17.5 Å². The molecule has 2 heterocycles. The molecule has 1 aromatic carbocycles. The third-order valence-electron chi connectivity index (χ3n) is 4.72. The van der Waals surface area contributed by atoms with Crippen LogP contribution >= 0.6 is 0 Å². The Morgan fingerprint density at radius 1 is 1.25 bits per heavy atom. The number of hydrogen-bond donors (Lipinski definition) is 2. The van der Waals surface area contributed by atoms with Crippen LogP contribution < -0.4 is 10.6 Å². The minimum atomic E-state index is -0.565. The highest BCUT2D eigenvalue weighted by molar-refractivity contribution is 5.62. The zero-order valence-electron chi connectivity index (χ0n) is 15.5. The first-order valence-electron chi connectivity index (χ1n) is 9.18. The predicted octanol–water partition coefficient (Wildman–Crippen LogP) is 3.56. The van der Waals surface area contributed by atoms with E-state index in [0.717, 1.165) is 31.0 Å². The van der Waals surface area contributed by atoms with Gasteiger partial charge in [-0.2, -0.15) is 4.98 Å². The van der Waals surface area contributed by atoms with Gasteiger partial charge in [-0.25, -0.2) is 18.4 Å². The van der Waals surface area contributed by atoms with E-state index in [4.69, 9.17) is 0 Å². The van der Waals surface area contributed by atoms with Gasteiger partial charge in [0.1, 0.15) is 12.1 Å². The summed E-state index contributed by atoms with van der Waals surface area (Å²) in [6.07, 6.45) is 5.34. The summed E-state index contributed by atoms with van der Waals surface area (Å²) in [6, 6.07) is 3.14. The topological polar surface area (TPSA) is 93.4 Å². The zero-order valence-corrected chi connectivity index (χ0v) is 15.5. The van der Waals surface area contributed by atoms with Crippen molar-refractivity contribution in [3.05, 3.63) is 41.9 Å². The third-order valence-corrected chi connectivity index (χ3v) is 4.72. The third kappa shape index (κ3) is 3.75. The van der Waals surface area contributed by atoms with Crippen molar-refractivity contribution < 1.29 is 8.78 Å². The number of tetrazole rings is 1. The molecule has 146 valence electrons. The largest absolute Gasteiger partial charge is 0.365 e. The molecular formula is C18H20F2N8. The molecule has 0 aliphatic heterocycles. The van der Waals surface area contributed by atoms with Gasteiger partial charge < -0.3 is 10.6 Å². The summed E-state index contributed by atoms with van der Waals surface area (Å²) in [5, 5.41) is 17.0. The van der Waals surface area contributed by atoms with Crippen LogP contribution in [0.1, 0.15) is 44.6 Å². The lowest BCUT2D eigenvalue weighted by atomic mass is 10.1. The Balaban J connectivity index is 1.67. The smallest absolute Gasteiger partial charge is 0.229 e. The zero-order chi connectivity index (χ0) is 19.7. The van der Waals surface area contributed by atoms with Crippen molar-refractivity contribution in [2.75, 3.05) is 10.6 Å². The number of halogens is 2. The van der Waals surface area contributed by atoms with E-state index in [1.807, 2.05) is 13.8 Å². The van der Waals surface area contributed by atoms with Crippen molar-refractivity contribution in [2.45, 2.75) is 45.1 Å². The van der Waals surface area contributed by atoms with Gasteiger partial charge >= 0.3 is 0 Å². The van der Waals surface area contributed by atoms with E-state index >= 15 is 0 Å². The van der Waals surface area contributed by atoms with Gasteiger partial charge in [-0.15, -0.1) is 5.10 Å². The Morgan fingerprint density at radius 3 is 2.75 bits per heavy atom. The van der Waals surface area contributed by atoms with Crippen molar-refractivity contribution in [1.29, 1.82) is 0 Å². The Bertz CT molecular complexity index is 972. The molecule has 0 spiro atoms. The van der Waals surface area contributed by atoms with E-state index < -0.39 is 11.6 Å². The molecule has 28 heavy (non-hydrogen) atoms. The highest BCUT2D eigenvalue weighted by Gasteiger charge is 2.28. The fraction of sp³-hybridized carbons (Fsp3) is 0.389. The molecule has 1 aliphatic rings. The van der Waals surface area contributed by atoms with Crippen LogP contribution in [0.2, 0.25) is 0 Å². The Kier molecular flexibility index (Phi) is 4.84. The predicted molar refractivity (Wildman–Crippen MR) is 99.7 cm³/mol. The van der Waals surface area contributed by atoms with E-state index in [-0.39, 0.29) is 23.5 Å². The van der Waals surface area contributed by atoms with E-state index in [2.05, 4.69) is 36.1 Å². The maximum absolute atomic E-state index is 14.7. The second kappa shape index (κ2) is 7.45. The van der Waals surface area contributed by atoms with E-state index in [1.54, 1.807) is 6.07 Å². The van der Waals surface area contributed by atoms with Crippen LogP contribution in [0.4, 0.5) is 26.2 Å². The first-order valence-corrected chi connectivity index (χ1v) is 9.18. The Labute approximate surface area is 160 Å². The molecule has 10 heteroatoms. The number of aromatic nitrogens is 6. The summed E-state index contributed by atoms with van der Waals surface area (Å²) >= 11 is 0. The van der Waals surface area contributed by atoms with E-state index in [9.17, 15) is 8.78 Å². The lowest BCUT2D eigenvalue weighted by molar-refractivity contribution is 0.611. The second-order valence-corrected chi connectivity index (χ2v) is 6.89. The average molecular weight is 386 g/mol. The van der Waals surface area contributed by atoms with Crippen molar-refractivity contribution in [3.63, 3.8) is 0 Å². The lowest BCUT2D eigenvalue weighted by Gasteiger charge is -2.15. The highest BCUT2D eigenvalue weighted by Crippen LogP contribution is 2.44. The summed E-state index contributed by atoms with van der Waals surface area (Å²) in [6.45, 7) is 3.90. The van der Waals surface area contributed by atoms with Crippen molar-refractivity contribution in [1.82, 2.24) is 30.2 Å². The molecule has 1 atom stereocenters. The number of anilines is 3. The molecule has 0 amide bonds. The summed E-state index contributed by atoms with van der Waals surface area (Å²) in [7, 11) is 0. The standard InChI is InChI=1S/C18H20F2N8/c1-3-10(2)23-17-14(20)8-21-18(25-17)24-15-7-16(28-9-22-26-27-28)12(6-13(15)19)11-4-5-11/h6-11H,3-5H2,1-2H3,(H2,21,23,24,25). The van der Waals surface area contributed by atoms with Gasteiger partial charge in [0.05, 0.1) is 17.6 Å². The molecule has 8 nitrogen and oxygen atoms in total. The highest BCUT2D eigenvalue weighted by atomic mass is 19.1.